The van der Waals surface area contributed by atoms with Crippen molar-refractivity contribution in [2.24, 2.45) is 28.1 Å². The summed E-state index contributed by atoms with van der Waals surface area (Å²) in [5.41, 5.74) is -3.54. The molecule has 2 heterocycles. The molecule has 6 aliphatic rings. The molecule has 4 bridgehead atoms. The number of carboxylic acid groups (broad SMARTS) is 1. The maximum Gasteiger partial charge on any atom is 0.309 e. The molecular formula is C20H30O5. The smallest absolute Gasteiger partial charge is 0.309 e. The van der Waals surface area contributed by atoms with Gasteiger partial charge in [-0.1, -0.05) is 13.3 Å². The Bertz CT molecular complexity index is 664. The van der Waals surface area contributed by atoms with E-state index in [4.69, 9.17) is 4.74 Å². The fourth-order valence-corrected chi connectivity index (χ4v) is 8.55. The van der Waals surface area contributed by atoms with Crippen LogP contribution in [0.2, 0.25) is 0 Å². The Kier molecular flexibility index (Phi) is 2.81. The summed E-state index contributed by atoms with van der Waals surface area (Å²) in [7, 11) is 0. The highest BCUT2D eigenvalue weighted by Crippen LogP contribution is 2.78. The van der Waals surface area contributed by atoms with Crippen molar-refractivity contribution in [1.82, 2.24) is 0 Å². The third kappa shape index (κ3) is 1.39. The first-order valence-electron chi connectivity index (χ1n) is 9.88. The number of ether oxygens (including phenoxy) is 1. The van der Waals surface area contributed by atoms with Crippen LogP contribution in [0, 0.1) is 28.1 Å². The molecule has 0 aromatic heterocycles. The number of aliphatic hydroxyl groups excluding tert-OH is 1. The van der Waals surface area contributed by atoms with E-state index in [0.717, 1.165) is 32.1 Å². The van der Waals surface area contributed by atoms with Crippen molar-refractivity contribution in [2.75, 3.05) is 0 Å². The second-order valence-electron chi connectivity index (χ2n) is 10.3. The Hall–Kier alpha value is -0.650. The van der Waals surface area contributed by atoms with Crippen molar-refractivity contribution in [1.29, 1.82) is 0 Å². The molecule has 5 heteroatoms. The second kappa shape index (κ2) is 4.26. The van der Waals surface area contributed by atoms with Crippen molar-refractivity contribution in [3.8, 4) is 0 Å². The van der Waals surface area contributed by atoms with E-state index in [1.165, 1.54) is 0 Å². The molecule has 4 saturated carbocycles. The quantitative estimate of drug-likeness (QED) is 0.676. The highest BCUT2D eigenvalue weighted by molar-refractivity contribution is 5.75. The molecule has 0 amide bonds. The number of carboxylic acids is 1. The molecule has 2 aliphatic heterocycles. The van der Waals surface area contributed by atoms with E-state index in [-0.39, 0.29) is 12.0 Å². The van der Waals surface area contributed by atoms with Gasteiger partial charge in [0.1, 0.15) is 5.60 Å². The van der Waals surface area contributed by atoms with E-state index < -0.39 is 39.5 Å². The average molecular weight is 350 g/mol. The molecule has 6 rings (SSSR count). The Morgan fingerprint density at radius 1 is 1.16 bits per heavy atom. The van der Waals surface area contributed by atoms with Crippen LogP contribution in [-0.2, 0) is 9.53 Å². The van der Waals surface area contributed by atoms with E-state index >= 15 is 0 Å². The predicted molar refractivity (Wildman–Crippen MR) is 89.8 cm³/mol. The average Bonchev–Trinajstić information content (AvgIpc) is 2.92. The number of hydrogen-bond donors (Lipinski definition) is 3. The minimum Gasteiger partial charge on any atom is -0.481 e. The SMILES string of the molecule is C[C@@]12O[C@H]3C[C@H]1C[C@@]1(CC[C@@H]4[C@](C)(C(=O)O)CCC[C@@]4(C)[C@]31O)[C@@H]2O. The van der Waals surface area contributed by atoms with Gasteiger partial charge in [-0.3, -0.25) is 4.79 Å². The van der Waals surface area contributed by atoms with Gasteiger partial charge in [0.2, 0.25) is 0 Å². The molecule has 6 fully saturated rings. The van der Waals surface area contributed by atoms with Crippen molar-refractivity contribution in [3.05, 3.63) is 0 Å². The van der Waals surface area contributed by atoms with Crippen LogP contribution >= 0.6 is 0 Å². The third-order valence-electron chi connectivity index (χ3n) is 9.78. The summed E-state index contributed by atoms with van der Waals surface area (Å²) in [6.07, 6.45) is 4.42. The van der Waals surface area contributed by atoms with Gasteiger partial charge in [-0.2, -0.15) is 0 Å². The van der Waals surface area contributed by atoms with Crippen molar-refractivity contribution >= 4 is 5.97 Å². The van der Waals surface area contributed by atoms with Gasteiger partial charge < -0.3 is 20.1 Å². The van der Waals surface area contributed by atoms with Crippen LogP contribution in [0.3, 0.4) is 0 Å². The van der Waals surface area contributed by atoms with Crippen molar-refractivity contribution in [3.63, 3.8) is 0 Å². The molecule has 25 heavy (non-hydrogen) atoms. The van der Waals surface area contributed by atoms with Crippen LogP contribution < -0.4 is 0 Å². The number of aliphatic carboxylic acids is 1. The van der Waals surface area contributed by atoms with Crippen LogP contribution in [0.15, 0.2) is 0 Å². The number of carbonyl (C=O) groups is 1. The molecule has 3 N–H and O–H groups in total. The molecule has 2 saturated heterocycles. The first kappa shape index (κ1) is 16.5. The Balaban J connectivity index is 1.69. The highest BCUT2D eigenvalue weighted by atomic mass is 16.6. The summed E-state index contributed by atoms with van der Waals surface area (Å²) in [5, 5.41) is 33.5. The predicted octanol–water partition coefficient (Wildman–Crippen LogP) is 2.34. The van der Waals surface area contributed by atoms with Crippen molar-refractivity contribution in [2.45, 2.75) is 89.1 Å². The van der Waals surface area contributed by atoms with Crippen LogP contribution in [0.4, 0.5) is 0 Å². The maximum atomic E-state index is 12.3. The maximum absolute atomic E-state index is 12.3. The lowest BCUT2D eigenvalue weighted by Gasteiger charge is -2.70. The fraction of sp³-hybridized carbons (Fsp3) is 0.950. The Labute approximate surface area is 148 Å². The highest BCUT2D eigenvalue weighted by Gasteiger charge is 2.84. The van der Waals surface area contributed by atoms with Gasteiger partial charge >= 0.3 is 5.97 Å². The summed E-state index contributed by atoms with van der Waals surface area (Å²) in [4.78, 5) is 12.1. The van der Waals surface area contributed by atoms with E-state index in [1.54, 1.807) is 0 Å². The molecule has 0 aromatic carbocycles. The zero-order valence-electron chi connectivity index (χ0n) is 15.4. The van der Waals surface area contributed by atoms with E-state index in [2.05, 4.69) is 6.92 Å². The molecule has 0 radical (unpaired) electrons. The molecule has 9 atom stereocenters. The minimum atomic E-state index is -1.13. The minimum absolute atomic E-state index is 0.0818. The van der Waals surface area contributed by atoms with Crippen LogP contribution in [-0.4, -0.2) is 44.7 Å². The number of rotatable bonds is 1. The molecule has 140 valence electrons. The van der Waals surface area contributed by atoms with Crippen molar-refractivity contribution < 1.29 is 24.9 Å². The van der Waals surface area contributed by atoms with E-state index in [9.17, 15) is 20.1 Å². The second-order valence-corrected chi connectivity index (χ2v) is 10.3. The summed E-state index contributed by atoms with van der Waals surface area (Å²) in [6, 6.07) is 0. The van der Waals surface area contributed by atoms with Gasteiger partial charge in [-0.25, -0.2) is 0 Å². The van der Waals surface area contributed by atoms with E-state index in [0.29, 0.717) is 18.8 Å². The summed E-state index contributed by atoms with van der Waals surface area (Å²) >= 11 is 0. The summed E-state index contributed by atoms with van der Waals surface area (Å²) in [5.74, 6) is -0.521. The molecule has 4 aliphatic carbocycles. The molecule has 5 nitrogen and oxygen atoms in total. The normalized spacial score (nSPS) is 64.8. The third-order valence-corrected chi connectivity index (χ3v) is 9.78. The lowest BCUT2D eigenvalue weighted by atomic mass is 9.37. The largest absolute Gasteiger partial charge is 0.481 e. The van der Waals surface area contributed by atoms with Crippen LogP contribution in [0.1, 0.15) is 65.7 Å². The Morgan fingerprint density at radius 3 is 2.52 bits per heavy atom. The van der Waals surface area contributed by atoms with E-state index in [1.807, 2.05) is 13.8 Å². The van der Waals surface area contributed by atoms with Gasteiger partial charge in [-0.05, 0) is 64.2 Å². The standard InChI is InChI=1S/C20H30O5/c1-16(15(22)23)6-4-7-17(2)12(16)5-8-19-10-11-9-13(20(17,19)24)25-18(11,3)14(19)21/h11-14,21,24H,4-10H2,1-3H3,(H,22,23)/t11-,12+,13-,14+,16+,17+,18+,19-,20+/m0/s1. The number of hydrogen-bond acceptors (Lipinski definition) is 4. The number of aliphatic hydroxyl groups is 2. The molecule has 1 spiro atoms. The van der Waals surface area contributed by atoms with Gasteiger partial charge in [0.05, 0.1) is 23.2 Å². The molecule has 0 unspecified atom stereocenters. The first-order valence-corrected chi connectivity index (χ1v) is 9.88. The lowest BCUT2D eigenvalue weighted by Crippen LogP contribution is -2.78. The molecule has 0 aromatic rings. The van der Waals surface area contributed by atoms with Gasteiger partial charge in [0.25, 0.3) is 0 Å². The lowest BCUT2D eigenvalue weighted by molar-refractivity contribution is -0.351. The van der Waals surface area contributed by atoms with Crippen LogP contribution in [0.5, 0.6) is 0 Å². The zero-order chi connectivity index (χ0) is 18.0. The first-order chi connectivity index (χ1) is 11.6. The summed E-state index contributed by atoms with van der Waals surface area (Å²) in [6.45, 7) is 5.96. The number of fused-ring (bicyclic) bond motifs is 1. The van der Waals surface area contributed by atoms with Crippen LogP contribution in [0.25, 0.3) is 0 Å². The fourth-order valence-electron chi connectivity index (χ4n) is 8.55. The summed E-state index contributed by atoms with van der Waals surface area (Å²) < 4.78 is 6.31. The monoisotopic (exact) mass is 350 g/mol. The van der Waals surface area contributed by atoms with Gasteiger partial charge in [0.15, 0.2) is 0 Å². The topological polar surface area (TPSA) is 87.0 Å². The Morgan fingerprint density at radius 2 is 1.88 bits per heavy atom. The zero-order valence-corrected chi connectivity index (χ0v) is 15.4. The molecular weight excluding hydrogens is 320 g/mol. The van der Waals surface area contributed by atoms with Gasteiger partial charge in [0, 0.05) is 10.8 Å². The van der Waals surface area contributed by atoms with Gasteiger partial charge in [-0.15, -0.1) is 0 Å².